The third-order valence-electron chi connectivity index (χ3n) is 3.66. The van der Waals surface area contributed by atoms with Crippen LogP contribution >= 0.6 is 0 Å². The fraction of sp³-hybridized carbons (Fsp3) is 0.125. The van der Waals surface area contributed by atoms with Gasteiger partial charge in [-0.2, -0.15) is 0 Å². The summed E-state index contributed by atoms with van der Waals surface area (Å²) in [5, 5.41) is 0.844. The number of pyridine rings is 2. The number of hydrogen-bond acceptors (Lipinski definition) is 3. The summed E-state index contributed by atoms with van der Waals surface area (Å²) in [6.45, 7) is 1.75. The predicted octanol–water partition coefficient (Wildman–Crippen LogP) is 2.63. The molecule has 0 amide bonds. The topological polar surface area (TPSA) is 60.9 Å². The van der Waals surface area contributed by atoms with Crippen LogP contribution in [0.4, 0.5) is 10.1 Å². The van der Waals surface area contributed by atoms with Crippen molar-refractivity contribution in [3.8, 4) is 11.1 Å². The number of nitrogens with two attached hydrogens (primary N) is 1. The van der Waals surface area contributed by atoms with Crippen LogP contribution in [0.1, 0.15) is 5.56 Å². The van der Waals surface area contributed by atoms with Gasteiger partial charge >= 0.3 is 0 Å². The minimum absolute atomic E-state index is 0.0314. The molecule has 21 heavy (non-hydrogen) atoms. The minimum Gasteiger partial charge on any atom is -0.396 e. The van der Waals surface area contributed by atoms with Crippen molar-refractivity contribution >= 4 is 16.6 Å². The highest BCUT2D eigenvalue weighted by atomic mass is 19.1. The van der Waals surface area contributed by atoms with Crippen LogP contribution in [0.3, 0.4) is 0 Å². The molecule has 0 fully saturated rings. The normalized spacial score (nSPS) is 11.0. The number of fused-ring (bicyclic) bond motifs is 1. The van der Waals surface area contributed by atoms with Gasteiger partial charge in [-0.25, -0.2) is 4.39 Å². The minimum atomic E-state index is -0.476. The Morgan fingerprint density at radius 2 is 2.00 bits per heavy atom. The highest BCUT2D eigenvalue weighted by Gasteiger charge is 2.13. The Hall–Kier alpha value is -2.69. The Morgan fingerprint density at radius 3 is 2.76 bits per heavy atom. The molecule has 5 heteroatoms. The number of halogens is 1. The van der Waals surface area contributed by atoms with E-state index in [0.717, 1.165) is 10.9 Å². The maximum absolute atomic E-state index is 13.5. The lowest BCUT2D eigenvalue weighted by atomic mass is 9.99. The van der Waals surface area contributed by atoms with Crippen molar-refractivity contribution in [2.24, 2.45) is 7.05 Å². The molecule has 4 nitrogen and oxygen atoms in total. The summed E-state index contributed by atoms with van der Waals surface area (Å²) in [5.41, 5.74) is 8.11. The monoisotopic (exact) mass is 283 g/mol. The highest BCUT2D eigenvalue weighted by molar-refractivity contribution is 5.84. The van der Waals surface area contributed by atoms with Gasteiger partial charge in [-0.05, 0) is 42.3 Å². The van der Waals surface area contributed by atoms with Gasteiger partial charge in [-0.1, -0.05) is 0 Å². The SMILES string of the molecule is Cc1cc(F)c(N)cc1-c1cc2cnccc2n(C)c1=O. The highest BCUT2D eigenvalue weighted by Crippen LogP contribution is 2.27. The molecule has 0 radical (unpaired) electrons. The van der Waals surface area contributed by atoms with Crippen molar-refractivity contribution in [2.45, 2.75) is 6.92 Å². The van der Waals surface area contributed by atoms with E-state index in [-0.39, 0.29) is 11.2 Å². The first kappa shape index (κ1) is 13.3. The second kappa shape index (κ2) is 4.70. The molecule has 0 unspecified atom stereocenters. The summed E-state index contributed by atoms with van der Waals surface area (Å²) < 4.78 is 15.1. The number of nitrogens with zero attached hydrogens (tertiary/aromatic N) is 2. The van der Waals surface area contributed by atoms with Crippen molar-refractivity contribution in [2.75, 3.05) is 5.73 Å². The number of aryl methyl sites for hydroxylation is 2. The average molecular weight is 283 g/mol. The van der Waals surface area contributed by atoms with Crippen LogP contribution in [-0.4, -0.2) is 9.55 Å². The molecule has 2 heterocycles. The molecule has 0 atom stereocenters. The van der Waals surface area contributed by atoms with E-state index in [9.17, 15) is 9.18 Å². The van der Waals surface area contributed by atoms with E-state index in [2.05, 4.69) is 4.98 Å². The lowest BCUT2D eigenvalue weighted by molar-refractivity contribution is 0.631. The zero-order valence-electron chi connectivity index (χ0n) is 11.7. The second-order valence-electron chi connectivity index (χ2n) is 5.05. The molecule has 3 aromatic rings. The number of hydrogen-bond donors (Lipinski definition) is 1. The summed E-state index contributed by atoms with van der Waals surface area (Å²) >= 11 is 0. The fourth-order valence-corrected chi connectivity index (χ4v) is 2.50. The van der Waals surface area contributed by atoms with Crippen LogP contribution in [0.5, 0.6) is 0 Å². The van der Waals surface area contributed by atoms with E-state index in [1.807, 2.05) is 0 Å². The van der Waals surface area contributed by atoms with Crippen LogP contribution in [0.2, 0.25) is 0 Å². The molecule has 0 spiro atoms. The standard InChI is InChI=1S/C16H14FN3O/c1-9-5-13(17)14(18)7-11(9)12-6-10-8-19-4-3-15(10)20(2)16(12)21/h3-8H,18H2,1-2H3. The molecule has 3 rings (SSSR count). The quantitative estimate of drug-likeness (QED) is 0.698. The summed E-state index contributed by atoms with van der Waals surface area (Å²) in [4.78, 5) is 16.6. The predicted molar refractivity (Wildman–Crippen MR) is 81.5 cm³/mol. The number of nitrogen functional groups attached to an aromatic ring is 1. The van der Waals surface area contributed by atoms with Crippen LogP contribution in [-0.2, 0) is 7.05 Å². The molecule has 0 bridgehead atoms. The van der Waals surface area contributed by atoms with Crippen molar-refractivity contribution in [1.29, 1.82) is 0 Å². The molecule has 0 saturated carbocycles. The zero-order valence-corrected chi connectivity index (χ0v) is 11.7. The van der Waals surface area contributed by atoms with Gasteiger partial charge < -0.3 is 10.3 Å². The number of rotatable bonds is 1. The van der Waals surface area contributed by atoms with E-state index in [1.165, 1.54) is 12.1 Å². The average Bonchev–Trinajstić information content (AvgIpc) is 2.47. The van der Waals surface area contributed by atoms with E-state index < -0.39 is 5.82 Å². The molecule has 106 valence electrons. The van der Waals surface area contributed by atoms with Gasteiger partial charge in [-0.3, -0.25) is 9.78 Å². The molecule has 2 N–H and O–H groups in total. The van der Waals surface area contributed by atoms with Gasteiger partial charge in [0, 0.05) is 30.4 Å². The Morgan fingerprint density at radius 1 is 1.24 bits per heavy atom. The first-order valence-electron chi connectivity index (χ1n) is 6.49. The summed E-state index contributed by atoms with van der Waals surface area (Å²) in [5.74, 6) is -0.476. The number of anilines is 1. The van der Waals surface area contributed by atoms with Gasteiger partial charge in [0.05, 0.1) is 11.2 Å². The maximum Gasteiger partial charge on any atom is 0.258 e. The maximum atomic E-state index is 13.5. The van der Waals surface area contributed by atoms with Crippen molar-refractivity contribution in [3.05, 3.63) is 58.4 Å². The fourth-order valence-electron chi connectivity index (χ4n) is 2.50. The third-order valence-corrected chi connectivity index (χ3v) is 3.66. The summed E-state index contributed by atoms with van der Waals surface area (Å²) in [6, 6.07) is 6.40. The van der Waals surface area contributed by atoms with E-state index >= 15 is 0 Å². The third kappa shape index (κ3) is 2.07. The van der Waals surface area contributed by atoms with Crippen LogP contribution in [0.15, 0.2) is 41.5 Å². The zero-order chi connectivity index (χ0) is 15.1. The summed E-state index contributed by atoms with van der Waals surface area (Å²) in [7, 11) is 1.70. The van der Waals surface area contributed by atoms with Gasteiger partial charge in [0.2, 0.25) is 0 Å². The van der Waals surface area contributed by atoms with E-state index in [0.29, 0.717) is 16.7 Å². The molecule has 0 aliphatic rings. The first-order chi connectivity index (χ1) is 9.99. The summed E-state index contributed by atoms with van der Waals surface area (Å²) in [6.07, 6.45) is 3.34. The number of benzene rings is 1. The van der Waals surface area contributed by atoms with Crippen LogP contribution in [0, 0.1) is 12.7 Å². The molecule has 2 aromatic heterocycles. The van der Waals surface area contributed by atoms with Crippen LogP contribution < -0.4 is 11.3 Å². The lowest BCUT2D eigenvalue weighted by Crippen LogP contribution is -2.19. The van der Waals surface area contributed by atoms with Crippen molar-refractivity contribution in [1.82, 2.24) is 9.55 Å². The largest absolute Gasteiger partial charge is 0.396 e. The van der Waals surface area contributed by atoms with Gasteiger partial charge in [0.15, 0.2) is 0 Å². The molecule has 0 aliphatic carbocycles. The number of aromatic nitrogens is 2. The van der Waals surface area contributed by atoms with E-state index in [1.54, 1.807) is 43.1 Å². The molecular formula is C16H14FN3O. The van der Waals surface area contributed by atoms with E-state index in [4.69, 9.17) is 5.73 Å². The smallest absolute Gasteiger partial charge is 0.258 e. The Kier molecular flexibility index (Phi) is 2.97. The van der Waals surface area contributed by atoms with Crippen molar-refractivity contribution in [3.63, 3.8) is 0 Å². The van der Waals surface area contributed by atoms with Gasteiger partial charge in [0.1, 0.15) is 5.82 Å². The molecule has 1 aromatic carbocycles. The molecule has 0 aliphatic heterocycles. The van der Waals surface area contributed by atoms with Crippen LogP contribution in [0.25, 0.3) is 22.0 Å². The van der Waals surface area contributed by atoms with Gasteiger partial charge in [-0.15, -0.1) is 0 Å². The van der Waals surface area contributed by atoms with Gasteiger partial charge in [0.25, 0.3) is 5.56 Å². The Bertz CT molecular complexity index is 915. The molecule has 0 saturated heterocycles. The molecular weight excluding hydrogens is 269 g/mol. The lowest BCUT2D eigenvalue weighted by Gasteiger charge is -2.11. The Balaban J connectivity index is 2.38. The second-order valence-corrected chi connectivity index (χ2v) is 5.05. The van der Waals surface area contributed by atoms with Crippen molar-refractivity contribution < 1.29 is 4.39 Å². The Labute approximate surface area is 120 Å². The first-order valence-corrected chi connectivity index (χ1v) is 6.49.